The molecule has 0 unspecified atom stereocenters. The highest BCUT2D eigenvalue weighted by Crippen LogP contribution is 2.18. The zero-order valence-corrected chi connectivity index (χ0v) is 14.0. The van der Waals surface area contributed by atoms with Crippen LogP contribution in [0, 0.1) is 0 Å². The van der Waals surface area contributed by atoms with E-state index in [0.29, 0.717) is 13.1 Å². The Morgan fingerprint density at radius 3 is 2.78 bits per heavy atom. The Kier molecular flexibility index (Phi) is 5.34. The van der Waals surface area contributed by atoms with Crippen molar-refractivity contribution >= 4 is 17.5 Å². The summed E-state index contributed by atoms with van der Waals surface area (Å²) in [6.45, 7) is 0.926. The monoisotopic (exact) mass is 331 g/mol. The molecule has 1 aromatic carbocycles. The molecule has 0 aliphatic heterocycles. The number of aromatic nitrogens is 2. The van der Waals surface area contributed by atoms with Gasteiger partial charge in [0.15, 0.2) is 0 Å². The first-order chi connectivity index (χ1) is 11.2. The van der Waals surface area contributed by atoms with Crippen LogP contribution in [0.3, 0.4) is 0 Å². The Morgan fingerprint density at radius 1 is 1.17 bits per heavy atom. The fraction of sp³-hybridized carbons (Fsp3) is 0.444. The van der Waals surface area contributed by atoms with Gasteiger partial charge in [-0.3, -0.25) is 9.48 Å². The Labute approximate surface area is 141 Å². The molecule has 1 N–H and O–H groups in total. The van der Waals surface area contributed by atoms with Crippen molar-refractivity contribution in [2.24, 2.45) is 0 Å². The van der Waals surface area contributed by atoms with Crippen LogP contribution in [0.25, 0.3) is 0 Å². The number of carbonyl (C=O) groups excluding carboxylic acids is 1. The second-order valence-electron chi connectivity index (χ2n) is 6.09. The minimum atomic E-state index is 0.0108. The van der Waals surface area contributed by atoms with Crippen molar-refractivity contribution in [2.45, 2.75) is 45.1 Å². The molecule has 0 fully saturated rings. The third-order valence-corrected chi connectivity index (χ3v) is 4.49. The lowest BCUT2D eigenvalue weighted by Crippen LogP contribution is -2.29. The maximum atomic E-state index is 12.0. The predicted octanol–water partition coefficient (Wildman–Crippen LogP) is 3.16. The fourth-order valence-corrected chi connectivity index (χ4v) is 3.11. The number of carbonyl (C=O) groups is 1. The minimum Gasteiger partial charge on any atom is -0.354 e. The Bertz CT molecular complexity index is 640. The summed E-state index contributed by atoms with van der Waals surface area (Å²) in [5.41, 5.74) is 3.66. The molecule has 1 heterocycles. The molecule has 0 bridgehead atoms. The van der Waals surface area contributed by atoms with E-state index in [0.717, 1.165) is 24.3 Å². The molecule has 0 spiro atoms. The molecule has 0 radical (unpaired) electrons. The zero-order valence-electron chi connectivity index (χ0n) is 13.2. The van der Waals surface area contributed by atoms with Crippen molar-refractivity contribution in [2.75, 3.05) is 6.54 Å². The normalized spacial score (nSPS) is 14.1. The van der Waals surface area contributed by atoms with E-state index in [1.54, 1.807) is 4.68 Å². The van der Waals surface area contributed by atoms with E-state index < -0.39 is 0 Å². The van der Waals surface area contributed by atoms with Crippen molar-refractivity contribution in [3.63, 3.8) is 0 Å². The average Bonchev–Trinajstić information content (AvgIpc) is 2.77. The number of rotatable bonds is 5. The van der Waals surface area contributed by atoms with Gasteiger partial charge in [0.25, 0.3) is 0 Å². The predicted molar refractivity (Wildman–Crippen MR) is 91.7 cm³/mol. The van der Waals surface area contributed by atoms with Gasteiger partial charge in [-0.15, -0.1) is 0 Å². The van der Waals surface area contributed by atoms with Gasteiger partial charge in [0.1, 0.15) is 6.54 Å². The van der Waals surface area contributed by atoms with Crippen LogP contribution >= 0.6 is 11.6 Å². The highest BCUT2D eigenvalue weighted by Gasteiger charge is 2.13. The zero-order chi connectivity index (χ0) is 16.1. The molecule has 2 aromatic rings. The number of aryl methyl sites for hydroxylation is 2. The van der Waals surface area contributed by atoms with Crippen molar-refractivity contribution in [3.05, 3.63) is 52.3 Å². The van der Waals surface area contributed by atoms with Crippen LogP contribution in [0.2, 0.25) is 5.02 Å². The first-order valence-corrected chi connectivity index (χ1v) is 8.65. The van der Waals surface area contributed by atoms with E-state index in [1.165, 1.54) is 36.1 Å². The quantitative estimate of drug-likeness (QED) is 0.855. The molecule has 3 rings (SSSR count). The van der Waals surface area contributed by atoms with Gasteiger partial charge in [0, 0.05) is 17.8 Å². The Hall–Kier alpha value is -1.81. The Balaban J connectivity index is 1.47. The SMILES string of the molecule is O=C(Cn1cc2c(n1)CCCCC2)NCCc1ccc(Cl)cc1. The van der Waals surface area contributed by atoms with E-state index in [1.807, 2.05) is 30.5 Å². The second-order valence-corrected chi connectivity index (χ2v) is 6.52. The third kappa shape index (κ3) is 4.58. The van der Waals surface area contributed by atoms with Crippen LogP contribution in [-0.4, -0.2) is 22.2 Å². The average molecular weight is 332 g/mol. The maximum Gasteiger partial charge on any atom is 0.241 e. The molecule has 0 saturated carbocycles. The van der Waals surface area contributed by atoms with Crippen molar-refractivity contribution in [1.29, 1.82) is 0 Å². The van der Waals surface area contributed by atoms with Crippen LogP contribution in [0.5, 0.6) is 0 Å². The number of hydrogen-bond donors (Lipinski definition) is 1. The number of amides is 1. The van der Waals surface area contributed by atoms with Crippen LogP contribution in [-0.2, 0) is 30.6 Å². The van der Waals surface area contributed by atoms with Gasteiger partial charge >= 0.3 is 0 Å². The number of nitrogens with one attached hydrogen (secondary N) is 1. The van der Waals surface area contributed by atoms with Crippen LogP contribution < -0.4 is 5.32 Å². The van der Waals surface area contributed by atoms with E-state index in [4.69, 9.17) is 11.6 Å². The van der Waals surface area contributed by atoms with Crippen LogP contribution in [0.1, 0.15) is 36.1 Å². The van der Waals surface area contributed by atoms with Crippen molar-refractivity contribution in [3.8, 4) is 0 Å². The summed E-state index contributed by atoms with van der Waals surface area (Å²) in [6, 6.07) is 7.71. The van der Waals surface area contributed by atoms with E-state index in [9.17, 15) is 4.79 Å². The fourth-order valence-electron chi connectivity index (χ4n) is 2.99. The van der Waals surface area contributed by atoms with Gasteiger partial charge in [0.2, 0.25) is 5.91 Å². The number of nitrogens with zero attached hydrogens (tertiary/aromatic N) is 2. The van der Waals surface area contributed by atoms with Crippen molar-refractivity contribution < 1.29 is 4.79 Å². The summed E-state index contributed by atoms with van der Waals surface area (Å²) < 4.78 is 1.79. The molecule has 0 atom stereocenters. The molecule has 23 heavy (non-hydrogen) atoms. The topological polar surface area (TPSA) is 46.9 Å². The molecule has 0 saturated heterocycles. The maximum absolute atomic E-state index is 12.0. The second kappa shape index (κ2) is 7.64. The third-order valence-electron chi connectivity index (χ3n) is 4.24. The molecule has 122 valence electrons. The smallest absolute Gasteiger partial charge is 0.241 e. The molecule has 4 nitrogen and oxygen atoms in total. The van der Waals surface area contributed by atoms with Crippen molar-refractivity contribution in [1.82, 2.24) is 15.1 Å². The molecular formula is C18H22ClN3O. The van der Waals surface area contributed by atoms with E-state index in [2.05, 4.69) is 10.4 Å². The number of fused-ring (bicyclic) bond motifs is 1. The number of halogens is 1. The molecule has 5 heteroatoms. The first kappa shape index (κ1) is 16.1. The van der Waals surface area contributed by atoms with Crippen LogP contribution in [0.4, 0.5) is 0 Å². The van der Waals surface area contributed by atoms with Gasteiger partial charge in [-0.2, -0.15) is 5.10 Å². The lowest BCUT2D eigenvalue weighted by Gasteiger charge is -2.06. The minimum absolute atomic E-state index is 0.0108. The van der Waals surface area contributed by atoms with E-state index >= 15 is 0 Å². The van der Waals surface area contributed by atoms with E-state index in [-0.39, 0.29) is 5.91 Å². The lowest BCUT2D eigenvalue weighted by molar-refractivity contribution is -0.121. The summed E-state index contributed by atoms with van der Waals surface area (Å²) in [4.78, 5) is 12.0. The number of benzene rings is 1. The van der Waals surface area contributed by atoms with Gasteiger partial charge in [-0.05, 0) is 55.4 Å². The molecule has 1 aliphatic rings. The largest absolute Gasteiger partial charge is 0.354 e. The highest BCUT2D eigenvalue weighted by atomic mass is 35.5. The molecular weight excluding hydrogens is 310 g/mol. The van der Waals surface area contributed by atoms with Gasteiger partial charge in [-0.25, -0.2) is 0 Å². The van der Waals surface area contributed by atoms with Gasteiger partial charge < -0.3 is 5.32 Å². The van der Waals surface area contributed by atoms with Crippen LogP contribution in [0.15, 0.2) is 30.5 Å². The summed E-state index contributed by atoms with van der Waals surface area (Å²) in [5.74, 6) is 0.0108. The summed E-state index contributed by atoms with van der Waals surface area (Å²) in [6.07, 6.45) is 8.69. The Morgan fingerprint density at radius 2 is 1.96 bits per heavy atom. The molecule has 1 aliphatic carbocycles. The first-order valence-electron chi connectivity index (χ1n) is 8.27. The summed E-state index contributed by atoms with van der Waals surface area (Å²) in [5, 5.41) is 8.25. The summed E-state index contributed by atoms with van der Waals surface area (Å²) in [7, 11) is 0. The summed E-state index contributed by atoms with van der Waals surface area (Å²) >= 11 is 5.86. The lowest BCUT2D eigenvalue weighted by atomic mass is 10.1. The highest BCUT2D eigenvalue weighted by molar-refractivity contribution is 6.30. The number of hydrogen-bond acceptors (Lipinski definition) is 2. The molecule has 1 aromatic heterocycles. The van der Waals surface area contributed by atoms with Gasteiger partial charge in [0.05, 0.1) is 5.69 Å². The van der Waals surface area contributed by atoms with Gasteiger partial charge in [-0.1, -0.05) is 30.2 Å². The molecule has 1 amide bonds. The standard InChI is InChI=1S/C18H22ClN3O/c19-16-8-6-14(7-9-16)10-11-20-18(23)13-22-12-15-4-2-1-3-5-17(15)21-22/h6-9,12H,1-5,10-11,13H2,(H,20,23).